The second kappa shape index (κ2) is 14.5. The molecule has 9 nitrogen and oxygen atoms in total. The third-order valence-electron chi connectivity index (χ3n) is 8.51. The molecule has 1 aliphatic heterocycles. The molecule has 0 saturated heterocycles. The maximum atomic E-state index is 14.7. The van der Waals surface area contributed by atoms with E-state index in [4.69, 9.17) is 28.7 Å². The Kier molecular flexibility index (Phi) is 10.2. The minimum atomic E-state index is -1.14. The van der Waals surface area contributed by atoms with Crippen LogP contribution in [-0.4, -0.2) is 50.9 Å². The number of para-hydroxylation sites is 1. The molecule has 1 unspecified atom stereocenters. The van der Waals surface area contributed by atoms with E-state index in [0.29, 0.717) is 52.8 Å². The van der Waals surface area contributed by atoms with Gasteiger partial charge >= 0.3 is 11.9 Å². The van der Waals surface area contributed by atoms with Crippen molar-refractivity contribution in [1.29, 1.82) is 0 Å². The molecule has 1 saturated carbocycles. The van der Waals surface area contributed by atoms with Crippen molar-refractivity contribution in [2.75, 3.05) is 27.4 Å². The van der Waals surface area contributed by atoms with Gasteiger partial charge in [-0.15, -0.1) is 0 Å². The number of fused-ring (bicyclic) bond motifs is 1. The zero-order valence-corrected chi connectivity index (χ0v) is 26.8. The fourth-order valence-corrected chi connectivity index (χ4v) is 6.51. The summed E-state index contributed by atoms with van der Waals surface area (Å²) in [6.07, 6.45) is 0.291. The largest absolute Gasteiger partial charge is 0.496 e. The highest BCUT2D eigenvalue weighted by atomic mass is 16.5. The van der Waals surface area contributed by atoms with Crippen LogP contribution >= 0.6 is 0 Å². The van der Waals surface area contributed by atoms with Crippen LogP contribution in [0.15, 0.2) is 89.1 Å². The first-order valence-corrected chi connectivity index (χ1v) is 15.5. The van der Waals surface area contributed by atoms with Crippen molar-refractivity contribution in [3.8, 4) is 17.2 Å². The van der Waals surface area contributed by atoms with E-state index in [2.05, 4.69) is 0 Å². The van der Waals surface area contributed by atoms with Gasteiger partial charge in [0.1, 0.15) is 18.3 Å². The molecule has 3 aromatic rings. The predicted octanol–water partition coefficient (Wildman–Crippen LogP) is 6.21. The predicted molar refractivity (Wildman–Crippen MR) is 172 cm³/mol. The zero-order chi connectivity index (χ0) is 32.8. The second-order valence-electron chi connectivity index (χ2n) is 11.1. The molecule has 46 heavy (non-hydrogen) atoms. The van der Waals surface area contributed by atoms with E-state index in [-0.39, 0.29) is 24.6 Å². The third-order valence-corrected chi connectivity index (χ3v) is 8.51. The van der Waals surface area contributed by atoms with Crippen LogP contribution in [0.3, 0.4) is 0 Å². The summed E-state index contributed by atoms with van der Waals surface area (Å²) in [7, 11) is 3.09. The van der Waals surface area contributed by atoms with Crippen molar-refractivity contribution in [3.63, 3.8) is 0 Å². The maximum Gasteiger partial charge on any atom is 0.336 e. The van der Waals surface area contributed by atoms with Crippen molar-refractivity contribution in [2.24, 2.45) is 16.8 Å². The lowest BCUT2D eigenvalue weighted by atomic mass is 9.62. The monoisotopic (exact) mass is 625 g/mol. The van der Waals surface area contributed by atoms with Crippen LogP contribution < -0.4 is 14.2 Å². The number of allylic oxidation sites excluding steroid dienone is 1. The van der Waals surface area contributed by atoms with Gasteiger partial charge in [-0.25, -0.2) is 4.79 Å². The van der Waals surface area contributed by atoms with Gasteiger partial charge in [-0.1, -0.05) is 54.6 Å². The molecule has 0 bridgehead atoms. The summed E-state index contributed by atoms with van der Waals surface area (Å²) in [4.78, 5) is 46.6. The Labute approximate surface area is 269 Å². The lowest BCUT2D eigenvalue weighted by molar-refractivity contribution is -0.153. The molecule has 1 aliphatic carbocycles. The number of benzene rings is 3. The van der Waals surface area contributed by atoms with Crippen LogP contribution in [0, 0.1) is 11.8 Å². The van der Waals surface area contributed by atoms with Gasteiger partial charge < -0.3 is 23.7 Å². The molecule has 0 aromatic heterocycles. The van der Waals surface area contributed by atoms with Gasteiger partial charge in [0.2, 0.25) is 0 Å². The van der Waals surface area contributed by atoms with Crippen LogP contribution in [0.5, 0.6) is 17.2 Å². The van der Waals surface area contributed by atoms with Gasteiger partial charge in [-0.05, 0) is 62.1 Å². The van der Waals surface area contributed by atoms with Gasteiger partial charge in [0, 0.05) is 23.2 Å². The molecule has 1 heterocycles. The third kappa shape index (κ3) is 6.40. The number of hydrogen-bond acceptors (Lipinski definition) is 9. The first kappa shape index (κ1) is 32.5. The number of ketones is 1. The molecule has 0 radical (unpaired) electrons. The molecule has 0 amide bonds. The summed E-state index contributed by atoms with van der Waals surface area (Å²) in [5.41, 5.74) is 3.65. The lowest BCUT2D eigenvalue weighted by Gasteiger charge is -2.41. The number of carbonyl (C=O) groups excluding carboxylic acids is 3. The number of Topliss-reactive ketones (excluding diaryl/α,β-unsaturated/α-hetero) is 1. The molecular formula is C37H39NO8. The topological polar surface area (TPSA) is 110 Å². The molecule has 1 fully saturated rings. The average molecular weight is 626 g/mol. The van der Waals surface area contributed by atoms with Crippen molar-refractivity contribution >= 4 is 23.4 Å². The summed E-state index contributed by atoms with van der Waals surface area (Å²) in [5, 5.41) is 0. The average Bonchev–Trinajstić information content (AvgIpc) is 3.07. The molecule has 2 aliphatic rings. The van der Waals surface area contributed by atoms with E-state index in [0.717, 1.165) is 5.56 Å². The van der Waals surface area contributed by atoms with Crippen LogP contribution in [0.25, 0.3) is 0 Å². The molecule has 0 N–H and O–H groups in total. The Morgan fingerprint density at radius 2 is 1.52 bits per heavy atom. The zero-order valence-electron chi connectivity index (χ0n) is 26.8. The first-order chi connectivity index (χ1) is 22.3. The van der Waals surface area contributed by atoms with Crippen LogP contribution in [0.1, 0.15) is 55.7 Å². The van der Waals surface area contributed by atoms with E-state index >= 15 is 0 Å². The van der Waals surface area contributed by atoms with Gasteiger partial charge in [0.05, 0.1) is 38.9 Å². The van der Waals surface area contributed by atoms with Crippen LogP contribution in [-0.2, 0) is 30.5 Å². The lowest BCUT2D eigenvalue weighted by Crippen LogP contribution is -2.48. The number of ether oxygens (including phenoxy) is 5. The number of aliphatic imine (C=N–C) groups is 1. The second-order valence-corrected chi connectivity index (χ2v) is 11.1. The standard InChI is InChI=1S/C37H39NO8/c1-6-44-36(40)31-22(3)38-27-20-26(25-15-11-12-16-28(25)42-4)33(37(41)45-7-2)35(39)34(27)32(31)24-17-18-29(30(19-24)43-5)46-21-23-13-9-8-10-14-23/h8-19,26,32-34H,6-7,20-21H2,1-5H3/t26-,32+,33+,34?/m0/s1. The summed E-state index contributed by atoms with van der Waals surface area (Å²) < 4.78 is 28.4. The summed E-state index contributed by atoms with van der Waals surface area (Å²) >= 11 is 0. The van der Waals surface area contributed by atoms with Gasteiger partial charge in [-0.3, -0.25) is 14.6 Å². The molecule has 4 atom stereocenters. The van der Waals surface area contributed by atoms with E-state index in [1.54, 1.807) is 46.1 Å². The number of carbonyl (C=O) groups is 3. The quantitative estimate of drug-likeness (QED) is 0.183. The number of methoxy groups -OCH3 is 2. The van der Waals surface area contributed by atoms with Gasteiger partial charge in [0.25, 0.3) is 0 Å². The molecule has 5 rings (SSSR count). The van der Waals surface area contributed by atoms with Crippen molar-refractivity contribution < 1.29 is 38.1 Å². The highest BCUT2D eigenvalue weighted by molar-refractivity contribution is 6.18. The molecule has 3 aromatic carbocycles. The molecular weight excluding hydrogens is 586 g/mol. The molecule has 240 valence electrons. The minimum Gasteiger partial charge on any atom is -0.496 e. The van der Waals surface area contributed by atoms with Gasteiger partial charge in [0.15, 0.2) is 17.3 Å². The Bertz CT molecular complexity index is 1660. The van der Waals surface area contributed by atoms with E-state index in [9.17, 15) is 14.4 Å². The van der Waals surface area contributed by atoms with Crippen LogP contribution in [0.2, 0.25) is 0 Å². The number of nitrogens with zero attached hydrogens (tertiary/aromatic N) is 1. The van der Waals surface area contributed by atoms with E-state index in [1.165, 1.54) is 7.11 Å². The molecule has 0 spiro atoms. The number of hydrogen-bond donors (Lipinski definition) is 0. The SMILES string of the molecule is CCOC(=O)C1=C(C)N=C2C[C@@H](c3ccccc3OC)[C@@H](C(=O)OCC)C(=O)C2[C@@H]1c1ccc(OCc2ccccc2)c(OC)c1. The Morgan fingerprint density at radius 3 is 2.22 bits per heavy atom. The fourth-order valence-electron chi connectivity index (χ4n) is 6.51. The number of esters is 2. The maximum absolute atomic E-state index is 14.7. The van der Waals surface area contributed by atoms with Crippen LogP contribution in [0.4, 0.5) is 0 Å². The highest BCUT2D eigenvalue weighted by Crippen LogP contribution is 2.50. The minimum absolute atomic E-state index is 0.116. The Balaban J connectivity index is 1.61. The number of rotatable bonds is 11. The van der Waals surface area contributed by atoms with Gasteiger partial charge in [-0.2, -0.15) is 0 Å². The highest BCUT2D eigenvalue weighted by Gasteiger charge is 2.53. The Hall–Kier alpha value is -4.92. The van der Waals surface area contributed by atoms with Crippen molar-refractivity contribution in [1.82, 2.24) is 0 Å². The van der Waals surface area contributed by atoms with Crippen molar-refractivity contribution in [2.45, 2.75) is 45.6 Å². The first-order valence-electron chi connectivity index (χ1n) is 15.5. The summed E-state index contributed by atoms with van der Waals surface area (Å²) in [6, 6.07) is 22.5. The van der Waals surface area contributed by atoms with Crippen molar-refractivity contribution in [3.05, 3.63) is 101 Å². The van der Waals surface area contributed by atoms with E-state index < -0.39 is 35.6 Å². The Morgan fingerprint density at radius 1 is 0.826 bits per heavy atom. The van der Waals surface area contributed by atoms with E-state index in [1.807, 2.05) is 54.6 Å². The molecule has 9 heteroatoms. The summed E-state index contributed by atoms with van der Waals surface area (Å²) in [5.74, 6) is -3.45. The summed E-state index contributed by atoms with van der Waals surface area (Å²) in [6.45, 7) is 5.77. The fraction of sp³-hybridized carbons (Fsp3) is 0.351. The smallest absolute Gasteiger partial charge is 0.336 e. The normalized spacial score (nSPS) is 20.7.